The summed E-state index contributed by atoms with van der Waals surface area (Å²) in [4.78, 5) is 55.4. The molecule has 0 unspecified atom stereocenters. The lowest BCUT2D eigenvalue weighted by atomic mass is 9.77. The van der Waals surface area contributed by atoms with E-state index in [1.54, 1.807) is 43.2 Å². The molecule has 194 valence electrons. The summed E-state index contributed by atoms with van der Waals surface area (Å²) in [5, 5.41) is 3.23. The molecule has 0 spiro atoms. The summed E-state index contributed by atoms with van der Waals surface area (Å²) in [6.07, 6.45) is -0.894. The smallest absolute Gasteiger partial charge is 0.326 e. The third kappa shape index (κ3) is 3.79. The van der Waals surface area contributed by atoms with Crippen molar-refractivity contribution in [2.75, 3.05) is 26.2 Å². The molecule has 3 aliphatic heterocycles. The molecule has 3 amide bonds. The number of hydrogen-bond acceptors (Lipinski definition) is 8. The van der Waals surface area contributed by atoms with Crippen LogP contribution in [0.25, 0.3) is 0 Å². The van der Waals surface area contributed by atoms with E-state index in [9.17, 15) is 19.2 Å². The van der Waals surface area contributed by atoms with Crippen LogP contribution in [0.4, 0.5) is 5.69 Å². The van der Waals surface area contributed by atoms with E-state index < -0.39 is 53.3 Å². The highest BCUT2D eigenvalue weighted by atomic mass is 16.5. The number of fused-ring (bicyclic) bond motifs is 1. The van der Waals surface area contributed by atoms with Gasteiger partial charge in [-0.2, -0.15) is 0 Å². The van der Waals surface area contributed by atoms with Crippen LogP contribution < -0.4 is 15.0 Å². The van der Waals surface area contributed by atoms with Crippen molar-refractivity contribution in [3.63, 3.8) is 0 Å². The van der Waals surface area contributed by atoms with Crippen LogP contribution in [-0.2, 0) is 35.3 Å². The molecule has 0 aromatic heterocycles. The fourth-order valence-corrected chi connectivity index (χ4v) is 5.83. The third-order valence-corrected chi connectivity index (χ3v) is 7.74. The molecule has 3 heterocycles. The van der Waals surface area contributed by atoms with Gasteiger partial charge in [-0.25, -0.2) is 0 Å². The number of hydrogen-bond donors (Lipinski definition) is 1. The predicted octanol–water partition coefficient (Wildman–Crippen LogP) is 1.13. The number of anilines is 1. The van der Waals surface area contributed by atoms with Gasteiger partial charge in [-0.15, -0.1) is 0 Å². The lowest BCUT2D eigenvalue weighted by Gasteiger charge is -2.50. The van der Waals surface area contributed by atoms with Gasteiger partial charge in [0.1, 0.15) is 11.3 Å². The number of nitrogens with zero attached hydrogens (tertiary/aromatic N) is 2. The summed E-state index contributed by atoms with van der Waals surface area (Å²) in [7, 11) is 4.20. The first-order valence-corrected chi connectivity index (χ1v) is 12.0. The largest absolute Gasteiger partial charge is 0.497 e. The Balaban J connectivity index is 1.53. The Labute approximate surface area is 214 Å². The number of methoxy groups -OCH3 is 2. The van der Waals surface area contributed by atoms with Crippen LogP contribution in [0.3, 0.4) is 0 Å². The van der Waals surface area contributed by atoms with Gasteiger partial charge in [0.15, 0.2) is 6.10 Å². The van der Waals surface area contributed by atoms with Crippen molar-refractivity contribution in [1.29, 1.82) is 0 Å². The number of β-lactam (4-membered cyclic amide) rings is 1. The Morgan fingerprint density at radius 1 is 0.973 bits per heavy atom. The Hall–Kier alpha value is -3.76. The minimum absolute atomic E-state index is 0.187. The van der Waals surface area contributed by atoms with Gasteiger partial charge >= 0.3 is 5.97 Å². The maximum absolute atomic E-state index is 13.4. The highest BCUT2D eigenvalue weighted by Gasteiger charge is 2.70. The van der Waals surface area contributed by atoms with E-state index >= 15 is 0 Å². The van der Waals surface area contributed by atoms with E-state index in [1.807, 2.05) is 30.3 Å². The molecule has 1 N–H and O–H groups in total. The summed E-state index contributed by atoms with van der Waals surface area (Å²) in [5.41, 5.74) is 0.0291. The molecule has 2 aromatic rings. The quantitative estimate of drug-likeness (QED) is 0.337. The minimum atomic E-state index is -1.45. The van der Waals surface area contributed by atoms with E-state index in [-0.39, 0.29) is 12.5 Å². The van der Waals surface area contributed by atoms with Crippen molar-refractivity contribution < 1.29 is 33.4 Å². The molecule has 10 heteroatoms. The van der Waals surface area contributed by atoms with Gasteiger partial charge in [0.2, 0.25) is 11.8 Å². The van der Waals surface area contributed by atoms with Gasteiger partial charge in [0, 0.05) is 18.8 Å². The van der Waals surface area contributed by atoms with Crippen LogP contribution >= 0.6 is 0 Å². The first kappa shape index (κ1) is 24.9. The van der Waals surface area contributed by atoms with Gasteiger partial charge in [0.25, 0.3) is 5.91 Å². The van der Waals surface area contributed by atoms with Gasteiger partial charge in [0.05, 0.1) is 38.7 Å². The molecule has 5 rings (SSSR count). The lowest BCUT2D eigenvalue weighted by molar-refractivity contribution is -0.153. The number of nitrogens with one attached hydrogen (secondary N) is 1. The Bertz CT molecular complexity index is 1230. The molecule has 0 radical (unpaired) electrons. The number of carbonyl (C=O) groups is 4. The monoisotopic (exact) mass is 507 g/mol. The van der Waals surface area contributed by atoms with Crippen molar-refractivity contribution in [3.05, 3.63) is 60.2 Å². The SMILES string of the molecule is COC(=O)[C@@]1(C)N[C@@H]([C@H]2[C@@H](OCc3ccccc3)C(=O)N2c2ccc(OC)cc2)[C@H]2C(=O)N(C)C(=O)[C@H]21. The van der Waals surface area contributed by atoms with Crippen molar-refractivity contribution in [1.82, 2.24) is 10.2 Å². The second kappa shape index (κ2) is 9.28. The molecule has 3 fully saturated rings. The minimum Gasteiger partial charge on any atom is -0.497 e. The highest BCUT2D eigenvalue weighted by molar-refractivity contribution is 6.10. The summed E-state index contributed by atoms with van der Waals surface area (Å²) < 4.78 is 16.4. The van der Waals surface area contributed by atoms with E-state index in [4.69, 9.17) is 14.2 Å². The van der Waals surface area contributed by atoms with Crippen LogP contribution in [0.1, 0.15) is 12.5 Å². The highest BCUT2D eigenvalue weighted by Crippen LogP contribution is 2.47. The number of ether oxygens (including phenoxy) is 3. The Morgan fingerprint density at radius 2 is 1.65 bits per heavy atom. The zero-order chi connectivity index (χ0) is 26.5. The molecule has 3 saturated heterocycles. The molecule has 2 aromatic carbocycles. The fraction of sp³-hybridized carbons (Fsp3) is 0.407. The van der Waals surface area contributed by atoms with E-state index in [1.165, 1.54) is 14.2 Å². The molecule has 0 saturated carbocycles. The molecular weight excluding hydrogens is 478 g/mol. The zero-order valence-electron chi connectivity index (χ0n) is 21.0. The van der Waals surface area contributed by atoms with Crippen LogP contribution in [0.15, 0.2) is 54.6 Å². The van der Waals surface area contributed by atoms with Gasteiger partial charge in [-0.05, 0) is 36.8 Å². The van der Waals surface area contributed by atoms with E-state index in [0.717, 1.165) is 10.5 Å². The van der Waals surface area contributed by atoms with Gasteiger partial charge in [-0.1, -0.05) is 30.3 Å². The predicted molar refractivity (Wildman–Crippen MR) is 131 cm³/mol. The average Bonchev–Trinajstić information content (AvgIpc) is 3.35. The Morgan fingerprint density at radius 3 is 2.27 bits per heavy atom. The second-order valence-corrected chi connectivity index (χ2v) is 9.72. The molecule has 37 heavy (non-hydrogen) atoms. The van der Waals surface area contributed by atoms with Crippen molar-refractivity contribution in [3.8, 4) is 5.75 Å². The summed E-state index contributed by atoms with van der Waals surface area (Å²) in [6.45, 7) is 1.75. The van der Waals surface area contributed by atoms with Crippen molar-refractivity contribution in [2.45, 2.75) is 37.3 Å². The van der Waals surface area contributed by atoms with Crippen LogP contribution in [0, 0.1) is 11.8 Å². The maximum Gasteiger partial charge on any atom is 0.326 e. The van der Waals surface area contributed by atoms with Crippen LogP contribution in [0.5, 0.6) is 5.75 Å². The van der Waals surface area contributed by atoms with E-state index in [0.29, 0.717) is 11.4 Å². The number of esters is 1. The Kier molecular flexibility index (Phi) is 6.25. The molecule has 10 nitrogen and oxygen atoms in total. The van der Waals surface area contributed by atoms with Crippen molar-refractivity contribution in [2.24, 2.45) is 11.8 Å². The fourth-order valence-electron chi connectivity index (χ4n) is 5.83. The second-order valence-electron chi connectivity index (χ2n) is 9.72. The third-order valence-electron chi connectivity index (χ3n) is 7.74. The molecule has 0 bridgehead atoms. The van der Waals surface area contributed by atoms with Gasteiger partial charge < -0.3 is 19.1 Å². The van der Waals surface area contributed by atoms with Crippen molar-refractivity contribution >= 4 is 29.4 Å². The van der Waals surface area contributed by atoms with Crippen LogP contribution in [-0.4, -0.2) is 73.6 Å². The summed E-state index contributed by atoms with van der Waals surface area (Å²) in [5.74, 6) is -3.00. The number of carbonyl (C=O) groups excluding carboxylic acids is 4. The van der Waals surface area contributed by atoms with E-state index in [2.05, 4.69) is 5.32 Å². The average molecular weight is 508 g/mol. The number of rotatable bonds is 7. The molecular formula is C27H29N3O7. The molecule has 0 aliphatic carbocycles. The number of amides is 3. The first-order valence-electron chi connectivity index (χ1n) is 12.0. The van der Waals surface area contributed by atoms with Crippen LogP contribution in [0.2, 0.25) is 0 Å². The van der Waals surface area contributed by atoms with Gasteiger partial charge in [-0.3, -0.25) is 29.4 Å². The topological polar surface area (TPSA) is 114 Å². The maximum atomic E-state index is 13.4. The molecule has 6 atom stereocenters. The lowest BCUT2D eigenvalue weighted by Crippen LogP contribution is -2.74. The normalized spacial score (nSPS) is 30.8. The summed E-state index contributed by atoms with van der Waals surface area (Å²) >= 11 is 0. The number of imide groups is 1. The standard InChI is InChI=1S/C27H29N3O7/c1-27(26(34)36-4)19-18(23(31)29(2)24(19)32)20(28-27)21-22(37-14-15-8-6-5-7-9-15)25(33)30(21)16-10-12-17(35-3)13-11-16/h5-13,18-22,28H,14H2,1-4H3/t18-,19-,20+,21-,22+,27-/m0/s1. The number of likely N-dealkylation sites (tertiary alicyclic amines) is 1. The number of benzene rings is 2. The summed E-state index contributed by atoms with van der Waals surface area (Å²) in [6, 6.07) is 15.0. The first-order chi connectivity index (χ1) is 17.7. The zero-order valence-corrected chi connectivity index (χ0v) is 21.0. The molecule has 3 aliphatic rings.